The minimum Gasteiger partial charge on any atom is -0.490 e. The van der Waals surface area contributed by atoms with Crippen molar-refractivity contribution in [1.29, 1.82) is 0 Å². The van der Waals surface area contributed by atoms with Crippen LogP contribution in [0.15, 0.2) is 24.3 Å². The first-order valence-electron chi connectivity index (χ1n) is 4.32. The molecule has 15 heavy (non-hydrogen) atoms. The van der Waals surface area contributed by atoms with Crippen LogP contribution >= 0.6 is 7.60 Å². The van der Waals surface area contributed by atoms with E-state index in [1.807, 2.05) is 0 Å². The summed E-state index contributed by atoms with van der Waals surface area (Å²) in [6.07, 6.45) is 0. The highest BCUT2D eigenvalue weighted by Gasteiger charge is 2.21. The Morgan fingerprint density at radius 1 is 1.27 bits per heavy atom. The fraction of sp³-hybridized carbons (Fsp3) is 0.333. The largest absolute Gasteiger partial charge is 0.490 e. The Labute approximate surface area is 87.8 Å². The van der Waals surface area contributed by atoms with Gasteiger partial charge >= 0.3 is 7.60 Å². The maximum Gasteiger partial charge on any atom is 0.359 e. The molecule has 5 nitrogen and oxygen atoms in total. The summed E-state index contributed by atoms with van der Waals surface area (Å²) in [6, 6.07) is 6.08. The Morgan fingerprint density at radius 2 is 1.93 bits per heavy atom. The van der Waals surface area contributed by atoms with Crippen LogP contribution in [-0.2, 0) is 9.30 Å². The van der Waals surface area contributed by atoms with Crippen molar-refractivity contribution in [3.63, 3.8) is 0 Å². The van der Waals surface area contributed by atoms with Crippen molar-refractivity contribution in [2.45, 2.75) is 0 Å². The van der Waals surface area contributed by atoms with Gasteiger partial charge in [0, 0.05) is 7.11 Å². The Balaban J connectivity index is 2.83. The van der Waals surface area contributed by atoms with E-state index in [0.717, 1.165) is 0 Å². The van der Waals surface area contributed by atoms with Gasteiger partial charge in [0.2, 0.25) is 0 Å². The van der Waals surface area contributed by atoms with Crippen LogP contribution < -0.4 is 10.0 Å². The van der Waals surface area contributed by atoms with Crippen molar-refractivity contribution in [3.05, 3.63) is 24.3 Å². The molecule has 0 amide bonds. The van der Waals surface area contributed by atoms with Gasteiger partial charge in [0.1, 0.15) is 17.7 Å². The summed E-state index contributed by atoms with van der Waals surface area (Å²) < 4.78 is 21.0. The summed E-state index contributed by atoms with van der Waals surface area (Å²) in [4.78, 5) is 18.1. The molecule has 0 unspecified atom stereocenters. The molecule has 0 saturated heterocycles. The summed E-state index contributed by atoms with van der Waals surface area (Å²) in [7, 11) is -2.74. The molecule has 84 valence electrons. The van der Waals surface area contributed by atoms with Gasteiger partial charge in [-0.1, -0.05) is 12.1 Å². The first-order chi connectivity index (χ1) is 7.05. The Hall–Kier alpha value is -0.870. The van der Waals surface area contributed by atoms with Crippen LogP contribution in [0.25, 0.3) is 0 Å². The quantitative estimate of drug-likeness (QED) is 0.571. The molecule has 0 spiro atoms. The van der Waals surface area contributed by atoms with E-state index in [-0.39, 0.29) is 17.7 Å². The monoisotopic (exact) mass is 232 g/mol. The molecule has 1 rings (SSSR count). The Bertz CT molecular complexity index is 359. The van der Waals surface area contributed by atoms with Crippen molar-refractivity contribution in [2.75, 3.05) is 20.3 Å². The van der Waals surface area contributed by atoms with E-state index in [4.69, 9.17) is 19.3 Å². The van der Waals surface area contributed by atoms with Crippen LogP contribution in [0.1, 0.15) is 0 Å². The topological polar surface area (TPSA) is 76.0 Å². The van der Waals surface area contributed by atoms with Crippen LogP contribution in [0.3, 0.4) is 0 Å². The summed E-state index contributed by atoms with van der Waals surface area (Å²) in [5.74, 6) is 0.197. The molecule has 6 heteroatoms. The molecule has 0 aliphatic heterocycles. The maximum atomic E-state index is 11.1. The van der Waals surface area contributed by atoms with E-state index < -0.39 is 7.60 Å². The van der Waals surface area contributed by atoms with E-state index in [9.17, 15) is 4.57 Å². The summed E-state index contributed by atoms with van der Waals surface area (Å²) >= 11 is 0. The normalized spacial score (nSPS) is 11.4. The molecule has 0 saturated carbocycles. The number of rotatable bonds is 5. The summed E-state index contributed by atoms with van der Waals surface area (Å²) in [5.41, 5.74) is 0. The van der Waals surface area contributed by atoms with Gasteiger partial charge in [-0.3, -0.25) is 4.57 Å². The van der Waals surface area contributed by atoms with Gasteiger partial charge in [0.05, 0.1) is 6.61 Å². The van der Waals surface area contributed by atoms with Crippen molar-refractivity contribution in [1.82, 2.24) is 0 Å². The van der Waals surface area contributed by atoms with Gasteiger partial charge in [-0.25, -0.2) is 0 Å². The summed E-state index contributed by atoms with van der Waals surface area (Å²) in [6.45, 7) is 0.628. The zero-order chi connectivity index (χ0) is 11.3. The second-order valence-corrected chi connectivity index (χ2v) is 4.42. The zero-order valence-electron chi connectivity index (χ0n) is 8.29. The van der Waals surface area contributed by atoms with Crippen molar-refractivity contribution < 1.29 is 23.8 Å². The Kier molecular flexibility index (Phi) is 4.29. The second-order valence-electron chi connectivity index (χ2n) is 2.85. The lowest BCUT2D eigenvalue weighted by molar-refractivity contribution is 0.146. The van der Waals surface area contributed by atoms with E-state index >= 15 is 0 Å². The fourth-order valence-corrected chi connectivity index (χ4v) is 1.76. The minimum absolute atomic E-state index is 0.0962. The lowest BCUT2D eigenvalue weighted by Crippen LogP contribution is -2.12. The first-order valence-corrected chi connectivity index (χ1v) is 5.94. The van der Waals surface area contributed by atoms with Gasteiger partial charge in [-0.05, 0) is 12.1 Å². The average Bonchev–Trinajstić information content (AvgIpc) is 2.17. The van der Waals surface area contributed by atoms with E-state index in [2.05, 4.69) is 0 Å². The van der Waals surface area contributed by atoms with Crippen LogP contribution in [0.4, 0.5) is 0 Å². The molecule has 0 fully saturated rings. The minimum atomic E-state index is -4.27. The van der Waals surface area contributed by atoms with Gasteiger partial charge in [-0.15, -0.1) is 0 Å². The molecule has 0 radical (unpaired) electrons. The van der Waals surface area contributed by atoms with Crippen LogP contribution in [-0.4, -0.2) is 30.1 Å². The lowest BCUT2D eigenvalue weighted by Gasteiger charge is -2.11. The van der Waals surface area contributed by atoms with Gasteiger partial charge in [-0.2, -0.15) is 0 Å². The highest BCUT2D eigenvalue weighted by Crippen LogP contribution is 2.36. The number of hydrogen-bond donors (Lipinski definition) is 2. The van der Waals surface area contributed by atoms with Crippen LogP contribution in [0.5, 0.6) is 5.75 Å². The number of hydrogen-bond acceptors (Lipinski definition) is 3. The summed E-state index contributed by atoms with van der Waals surface area (Å²) in [5, 5.41) is -0.0962. The lowest BCUT2D eigenvalue weighted by atomic mass is 10.3. The molecule has 2 N–H and O–H groups in total. The molecule has 0 aliphatic carbocycles. The highest BCUT2D eigenvalue weighted by molar-refractivity contribution is 7.60. The Morgan fingerprint density at radius 3 is 2.53 bits per heavy atom. The third-order valence-corrected chi connectivity index (χ3v) is 2.72. The molecular formula is C9H13O5P. The number of methoxy groups -OCH3 is 1. The smallest absolute Gasteiger partial charge is 0.359 e. The highest BCUT2D eigenvalue weighted by atomic mass is 31.2. The average molecular weight is 232 g/mol. The molecule has 0 aromatic heterocycles. The maximum absolute atomic E-state index is 11.1. The third-order valence-electron chi connectivity index (χ3n) is 1.72. The predicted molar refractivity (Wildman–Crippen MR) is 55.5 cm³/mol. The molecular weight excluding hydrogens is 219 g/mol. The second kappa shape index (κ2) is 5.28. The van der Waals surface area contributed by atoms with Crippen molar-refractivity contribution in [2.24, 2.45) is 0 Å². The molecule has 0 atom stereocenters. The van der Waals surface area contributed by atoms with E-state index in [1.165, 1.54) is 19.2 Å². The van der Waals surface area contributed by atoms with Crippen molar-refractivity contribution >= 4 is 12.9 Å². The van der Waals surface area contributed by atoms with E-state index in [1.54, 1.807) is 12.1 Å². The molecule has 0 bridgehead atoms. The predicted octanol–water partition coefficient (Wildman–Crippen LogP) is 0.515. The zero-order valence-corrected chi connectivity index (χ0v) is 9.18. The number of benzene rings is 1. The van der Waals surface area contributed by atoms with Crippen LogP contribution in [0.2, 0.25) is 0 Å². The SMILES string of the molecule is COCCOc1ccccc1P(=O)(O)O. The fourth-order valence-electron chi connectivity index (χ4n) is 1.05. The molecule has 1 aromatic carbocycles. The van der Waals surface area contributed by atoms with Gasteiger partial charge in [0.15, 0.2) is 0 Å². The van der Waals surface area contributed by atoms with Gasteiger partial charge in [0.25, 0.3) is 0 Å². The molecule has 0 heterocycles. The third kappa shape index (κ3) is 3.64. The number of ether oxygens (including phenoxy) is 2. The standard InChI is InChI=1S/C9H13O5P/c1-13-6-7-14-8-4-2-3-5-9(8)15(10,11)12/h2-5H,6-7H2,1H3,(H2,10,11,12). The number of para-hydroxylation sites is 1. The van der Waals surface area contributed by atoms with Crippen LogP contribution in [0, 0.1) is 0 Å². The van der Waals surface area contributed by atoms with E-state index in [0.29, 0.717) is 6.61 Å². The molecule has 1 aromatic rings. The van der Waals surface area contributed by atoms with Gasteiger partial charge < -0.3 is 19.3 Å². The molecule has 0 aliphatic rings. The first kappa shape index (κ1) is 12.2. The van der Waals surface area contributed by atoms with Crippen molar-refractivity contribution in [3.8, 4) is 5.75 Å².